The van der Waals surface area contributed by atoms with Gasteiger partial charge in [-0.3, -0.25) is 11.3 Å². The maximum atomic E-state index is 5.86. The van der Waals surface area contributed by atoms with Gasteiger partial charge in [0.05, 0.1) is 18.2 Å². The van der Waals surface area contributed by atoms with Crippen LogP contribution >= 0.6 is 15.9 Å². The van der Waals surface area contributed by atoms with Crippen LogP contribution in [0.15, 0.2) is 28.7 Å². The predicted octanol–water partition coefficient (Wildman–Crippen LogP) is 2.39. The zero-order valence-corrected chi connectivity index (χ0v) is 11.6. The van der Waals surface area contributed by atoms with E-state index in [9.17, 15) is 0 Å². The highest BCUT2D eigenvalue weighted by Gasteiger charge is 2.28. The van der Waals surface area contributed by atoms with E-state index in [0.29, 0.717) is 6.10 Å². The summed E-state index contributed by atoms with van der Waals surface area (Å²) in [5.74, 6) is 5.64. The Bertz CT molecular complexity index is 372. The smallest absolute Gasteiger partial charge is 0.0749 e. The second-order valence-corrected chi connectivity index (χ2v) is 5.59. The van der Waals surface area contributed by atoms with Crippen molar-refractivity contribution in [2.45, 2.75) is 44.4 Å². The third kappa shape index (κ3) is 3.52. The first-order valence-corrected chi connectivity index (χ1v) is 6.84. The Kier molecular flexibility index (Phi) is 4.56. The van der Waals surface area contributed by atoms with Crippen LogP contribution in [0.4, 0.5) is 0 Å². The number of nitrogens with one attached hydrogen (secondary N) is 1. The minimum Gasteiger partial charge on any atom is -0.374 e. The second-order valence-electron chi connectivity index (χ2n) is 4.67. The summed E-state index contributed by atoms with van der Waals surface area (Å²) in [5, 5.41) is 0. The van der Waals surface area contributed by atoms with Gasteiger partial charge in [0.2, 0.25) is 0 Å². The minimum atomic E-state index is 0.189. The molecule has 0 bridgehead atoms. The molecule has 1 aliphatic heterocycles. The Balaban J connectivity index is 2.00. The molecule has 0 radical (unpaired) electrons. The molecule has 0 amide bonds. The normalized spacial score (nSPS) is 26.1. The van der Waals surface area contributed by atoms with Gasteiger partial charge in [-0.2, -0.15) is 0 Å². The number of halogens is 1. The Hall–Kier alpha value is -0.420. The second kappa shape index (κ2) is 5.96. The summed E-state index contributed by atoms with van der Waals surface area (Å²) in [5.41, 5.74) is 4.16. The van der Waals surface area contributed by atoms with Crippen LogP contribution < -0.4 is 11.3 Å². The fourth-order valence-electron chi connectivity index (χ4n) is 2.35. The maximum absolute atomic E-state index is 5.86. The van der Waals surface area contributed by atoms with Gasteiger partial charge >= 0.3 is 0 Å². The van der Waals surface area contributed by atoms with Crippen molar-refractivity contribution in [2.24, 2.45) is 5.84 Å². The molecule has 0 spiro atoms. The van der Waals surface area contributed by atoms with E-state index in [1.165, 1.54) is 5.56 Å². The fourth-order valence-corrected chi connectivity index (χ4v) is 2.79. The molecule has 94 valence electrons. The van der Waals surface area contributed by atoms with Gasteiger partial charge < -0.3 is 4.74 Å². The average molecular weight is 299 g/mol. The van der Waals surface area contributed by atoms with E-state index in [1.54, 1.807) is 0 Å². The number of rotatable bonds is 4. The molecule has 1 aromatic carbocycles. The molecule has 1 heterocycles. The Morgan fingerprint density at radius 3 is 2.94 bits per heavy atom. The van der Waals surface area contributed by atoms with Gasteiger partial charge in [0, 0.05) is 4.47 Å². The molecule has 1 fully saturated rings. The molecular weight excluding hydrogens is 280 g/mol. The first-order valence-electron chi connectivity index (χ1n) is 6.05. The van der Waals surface area contributed by atoms with E-state index in [4.69, 9.17) is 10.6 Å². The van der Waals surface area contributed by atoms with Gasteiger partial charge in [-0.1, -0.05) is 28.1 Å². The van der Waals surface area contributed by atoms with Crippen LogP contribution in [0.25, 0.3) is 0 Å². The molecule has 3 nitrogen and oxygen atoms in total. The summed E-state index contributed by atoms with van der Waals surface area (Å²) in [6, 6.07) is 8.51. The fraction of sp³-hybridized carbons (Fsp3) is 0.538. The summed E-state index contributed by atoms with van der Waals surface area (Å²) < 4.78 is 6.97. The van der Waals surface area contributed by atoms with Gasteiger partial charge in [-0.25, -0.2) is 0 Å². The molecule has 3 unspecified atom stereocenters. The van der Waals surface area contributed by atoms with Crippen LogP contribution in [0, 0.1) is 0 Å². The summed E-state index contributed by atoms with van der Waals surface area (Å²) in [6.45, 7) is 2.12. The zero-order valence-electron chi connectivity index (χ0n) is 10.0. The van der Waals surface area contributed by atoms with E-state index < -0.39 is 0 Å². The summed E-state index contributed by atoms with van der Waals surface area (Å²) in [7, 11) is 0. The molecule has 0 saturated carbocycles. The third-order valence-electron chi connectivity index (χ3n) is 3.27. The first-order chi connectivity index (χ1) is 8.19. The Morgan fingerprint density at radius 2 is 2.35 bits per heavy atom. The monoisotopic (exact) mass is 298 g/mol. The topological polar surface area (TPSA) is 47.3 Å². The molecule has 17 heavy (non-hydrogen) atoms. The van der Waals surface area contributed by atoms with Crippen molar-refractivity contribution in [1.82, 2.24) is 5.43 Å². The number of ether oxygens (including phenoxy) is 1. The maximum Gasteiger partial charge on any atom is 0.0749 e. The predicted molar refractivity (Wildman–Crippen MR) is 72.5 cm³/mol. The van der Waals surface area contributed by atoms with E-state index in [1.807, 2.05) is 12.1 Å². The quantitative estimate of drug-likeness (QED) is 0.663. The molecule has 1 saturated heterocycles. The number of nitrogens with two attached hydrogens (primary N) is 1. The van der Waals surface area contributed by atoms with E-state index in [2.05, 4.69) is 40.4 Å². The van der Waals surface area contributed by atoms with Crippen molar-refractivity contribution in [3.05, 3.63) is 34.3 Å². The average Bonchev–Trinajstić information content (AvgIpc) is 2.73. The molecule has 2 rings (SSSR count). The first kappa shape index (κ1) is 13.0. The van der Waals surface area contributed by atoms with E-state index in [-0.39, 0.29) is 12.1 Å². The minimum absolute atomic E-state index is 0.189. The lowest BCUT2D eigenvalue weighted by atomic mass is 10.00. The molecular formula is C13H19BrN2O. The number of benzene rings is 1. The summed E-state index contributed by atoms with van der Waals surface area (Å²) >= 11 is 3.48. The molecule has 3 N–H and O–H groups in total. The molecule has 0 aromatic heterocycles. The lowest BCUT2D eigenvalue weighted by Crippen LogP contribution is -2.45. The van der Waals surface area contributed by atoms with Crippen molar-refractivity contribution in [3.63, 3.8) is 0 Å². The van der Waals surface area contributed by atoms with Crippen LogP contribution in [0.2, 0.25) is 0 Å². The van der Waals surface area contributed by atoms with Crippen LogP contribution in [-0.2, 0) is 11.2 Å². The van der Waals surface area contributed by atoms with Gasteiger partial charge in [-0.15, -0.1) is 0 Å². The van der Waals surface area contributed by atoms with Crippen LogP contribution in [-0.4, -0.2) is 18.2 Å². The number of hydrogen-bond acceptors (Lipinski definition) is 3. The van der Waals surface area contributed by atoms with Crippen molar-refractivity contribution in [3.8, 4) is 0 Å². The number of hydrazine groups is 1. The van der Waals surface area contributed by atoms with Gasteiger partial charge in [0.15, 0.2) is 0 Å². The highest BCUT2D eigenvalue weighted by Crippen LogP contribution is 2.23. The number of hydrogen-bond donors (Lipinski definition) is 2. The lowest BCUT2D eigenvalue weighted by Gasteiger charge is -2.23. The zero-order chi connectivity index (χ0) is 12.3. The molecule has 4 heteroatoms. The lowest BCUT2D eigenvalue weighted by molar-refractivity contribution is 0.0320. The largest absolute Gasteiger partial charge is 0.374 e. The Morgan fingerprint density at radius 1 is 1.53 bits per heavy atom. The molecule has 0 aliphatic carbocycles. The van der Waals surface area contributed by atoms with Crippen LogP contribution in [0.5, 0.6) is 0 Å². The Labute approximate surface area is 111 Å². The SMILES string of the molecule is CC1CCC(C(Cc2cccc(Br)c2)NN)O1. The van der Waals surface area contributed by atoms with Crippen molar-refractivity contribution in [1.29, 1.82) is 0 Å². The summed E-state index contributed by atoms with van der Waals surface area (Å²) in [6.07, 6.45) is 3.70. The van der Waals surface area contributed by atoms with E-state index in [0.717, 1.165) is 23.7 Å². The van der Waals surface area contributed by atoms with Crippen LogP contribution in [0.3, 0.4) is 0 Å². The standard InChI is InChI=1S/C13H19BrN2O/c1-9-5-6-13(17-9)12(16-15)8-10-3-2-4-11(14)7-10/h2-4,7,9,12-13,16H,5-6,8,15H2,1H3. The molecule has 3 atom stereocenters. The highest BCUT2D eigenvalue weighted by atomic mass is 79.9. The highest BCUT2D eigenvalue weighted by molar-refractivity contribution is 9.10. The third-order valence-corrected chi connectivity index (χ3v) is 3.77. The van der Waals surface area contributed by atoms with Crippen molar-refractivity contribution >= 4 is 15.9 Å². The molecule has 1 aliphatic rings. The van der Waals surface area contributed by atoms with Crippen LogP contribution in [0.1, 0.15) is 25.3 Å². The van der Waals surface area contributed by atoms with Gasteiger partial charge in [0.1, 0.15) is 0 Å². The van der Waals surface area contributed by atoms with Crippen molar-refractivity contribution < 1.29 is 4.74 Å². The van der Waals surface area contributed by atoms with Gasteiger partial charge in [-0.05, 0) is 43.9 Å². The van der Waals surface area contributed by atoms with Crippen molar-refractivity contribution in [2.75, 3.05) is 0 Å². The summed E-state index contributed by atoms with van der Waals surface area (Å²) in [4.78, 5) is 0. The molecule has 1 aromatic rings. The van der Waals surface area contributed by atoms with E-state index >= 15 is 0 Å². The van der Waals surface area contributed by atoms with Gasteiger partial charge in [0.25, 0.3) is 0 Å².